The summed E-state index contributed by atoms with van der Waals surface area (Å²) in [5.41, 5.74) is 8.78. The van der Waals surface area contributed by atoms with Crippen molar-refractivity contribution in [2.45, 2.75) is 77.6 Å². The molecule has 10 nitrogen and oxygen atoms in total. The minimum atomic E-state index is -2.58. The number of unbranched alkanes of at least 4 members (excludes halogenated alkanes) is 3. The molecule has 0 spiro atoms. The lowest BCUT2D eigenvalue weighted by molar-refractivity contribution is -0.159. The Morgan fingerprint density at radius 3 is 2.46 bits per heavy atom. The second-order valence-corrected chi connectivity index (χ2v) is 11.7. The van der Waals surface area contributed by atoms with E-state index < -0.39 is 19.4 Å². The van der Waals surface area contributed by atoms with E-state index in [1.54, 1.807) is 6.20 Å². The van der Waals surface area contributed by atoms with Gasteiger partial charge in [-0.2, -0.15) is 0 Å². The number of alkyl halides is 2. The molecule has 4 rings (SSSR count). The molecule has 1 aliphatic rings. The number of nitrogens with zero attached hydrogens (tertiary/aromatic N) is 3. The number of carbonyl (C=O) groups excluding carboxylic acids is 2. The Hall–Kier alpha value is -4.19. The van der Waals surface area contributed by atoms with E-state index in [9.17, 15) is 18.4 Å². The lowest BCUT2D eigenvalue weighted by atomic mass is 9.75. The maximum absolute atomic E-state index is 13.1. The number of ether oxygens (including phenoxy) is 3. The number of aryl methyl sites for hydroxylation is 1. The van der Waals surface area contributed by atoms with E-state index in [1.165, 1.54) is 18.3 Å². The van der Waals surface area contributed by atoms with Crippen LogP contribution >= 0.6 is 0 Å². The van der Waals surface area contributed by atoms with Crippen molar-refractivity contribution in [3.8, 4) is 11.3 Å². The Bertz CT molecular complexity index is 1420. The Balaban J connectivity index is 1.23. The van der Waals surface area contributed by atoms with E-state index >= 15 is 0 Å². The molecule has 3 heterocycles. The average molecular weight is 640 g/mol. The molecular formula is C34H43F2N5O5. The molecular weight excluding hydrogens is 596 g/mol. The highest BCUT2D eigenvalue weighted by atomic mass is 19.3. The maximum atomic E-state index is 13.1. The molecule has 1 unspecified atom stereocenters. The van der Waals surface area contributed by atoms with Crippen molar-refractivity contribution in [3.05, 3.63) is 65.6 Å². The largest absolute Gasteiger partial charge is 0.511 e. The fraction of sp³-hybridized carbons (Fsp3) is 0.500. The molecule has 3 aromatic heterocycles. The second kappa shape index (κ2) is 17.5. The third-order valence-electron chi connectivity index (χ3n) is 8.32. The third-order valence-corrected chi connectivity index (χ3v) is 8.32. The van der Waals surface area contributed by atoms with Crippen LogP contribution in [0.5, 0.6) is 0 Å². The number of pyridine rings is 3. The molecule has 1 aliphatic carbocycles. The Labute approximate surface area is 268 Å². The number of aromatic nitrogens is 3. The van der Waals surface area contributed by atoms with Crippen molar-refractivity contribution in [2.24, 2.45) is 17.6 Å². The molecule has 1 atom stereocenters. The number of nitrogens with two attached hydrogens (primary N) is 1. The van der Waals surface area contributed by atoms with Crippen LogP contribution in [0.1, 0.15) is 87.5 Å². The first kappa shape index (κ1) is 34.7. The average Bonchev–Trinajstić information content (AvgIpc) is 3.06. The SMILES string of the molecule is Cc1cc(Nc2cc(C(F)F)ccn2)nc(-c2ccc(C(C)C3CCC(C(=O)OCOC(=O)OCCCCCCN)CC3)nc2)c1. The summed E-state index contributed by atoms with van der Waals surface area (Å²) >= 11 is 0. The predicted molar refractivity (Wildman–Crippen MR) is 169 cm³/mol. The maximum Gasteiger partial charge on any atom is 0.511 e. The molecule has 12 heteroatoms. The van der Waals surface area contributed by atoms with E-state index in [4.69, 9.17) is 24.9 Å². The van der Waals surface area contributed by atoms with Crippen LogP contribution in [0.25, 0.3) is 11.3 Å². The fourth-order valence-corrected chi connectivity index (χ4v) is 5.63. The van der Waals surface area contributed by atoms with E-state index in [-0.39, 0.29) is 30.0 Å². The predicted octanol–water partition coefficient (Wildman–Crippen LogP) is 7.61. The molecule has 0 saturated heterocycles. The first-order chi connectivity index (χ1) is 22.2. The number of hydrogen-bond donors (Lipinski definition) is 2. The Morgan fingerprint density at radius 1 is 0.957 bits per heavy atom. The highest BCUT2D eigenvalue weighted by molar-refractivity contribution is 5.72. The zero-order chi connectivity index (χ0) is 32.9. The minimum Gasteiger partial charge on any atom is -0.434 e. The van der Waals surface area contributed by atoms with Gasteiger partial charge in [0.05, 0.1) is 18.2 Å². The molecule has 1 fully saturated rings. The van der Waals surface area contributed by atoms with Gasteiger partial charge in [-0.15, -0.1) is 0 Å². The highest BCUT2D eigenvalue weighted by Gasteiger charge is 2.31. The van der Waals surface area contributed by atoms with Crippen molar-refractivity contribution in [2.75, 3.05) is 25.3 Å². The number of carbonyl (C=O) groups is 2. The first-order valence-electron chi connectivity index (χ1n) is 15.9. The van der Waals surface area contributed by atoms with E-state index in [0.717, 1.165) is 55.3 Å². The summed E-state index contributed by atoms with van der Waals surface area (Å²) in [6.45, 7) is 4.55. The van der Waals surface area contributed by atoms with Gasteiger partial charge in [0.1, 0.15) is 11.6 Å². The molecule has 0 bridgehead atoms. The standard InChI is InChI=1S/C34H43F2N5O5/c1-22-17-29(40-31(18-22)41-30-19-26(32(35)36)13-15-38-30)27-11-12-28(39-20-27)23(2)24-7-9-25(10-8-24)33(42)45-21-46-34(43)44-16-6-4-3-5-14-37/h11-13,15,17-20,23-25,32H,3-10,14,16,21,37H2,1-2H3,(H,38,40,41). The summed E-state index contributed by atoms with van der Waals surface area (Å²) in [5.74, 6) is 0.751. The van der Waals surface area contributed by atoms with Gasteiger partial charge in [0.2, 0.25) is 6.79 Å². The third kappa shape index (κ3) is 10.4. The van der Waals surface area contributed by atoms with Gasteiger partial charge in [0.25, 0.3) is 6.43 Å². The molecule has 46 heavy (non-hydrogen) atoms. The molecule has 0 aromatic carbocycles. The monoisotopic (exact) mass is 639 g/mol. The number of anilines is 2. The van der Waals surface area contributed by atoms with Crippen LogP contribution in [0.15, 0.2) is 48.8 Å². The van der Waals surface area contributed by atoms with Gasteiger partial charge < -0.3 is 25.3 Å². The summed E-state index contributed by atoms with van der Waals surface area (Å²) < 4.78 is 41.2. The van der Waals surface area contributed by atoms with Crippen LogP contribution in [0.3, 0.4) is 0 Å². The lowest BCUT2D eigenvalue weighted by Crippen LogP contribution is -2.27. The topological polar surface area (TPSA) is 139 Å². The quantitative estimate of drug-likeness (QED) is 0.0970. The molecule has 3 N–H and O–H groups in total. The van der Waals surface area contributed by atoms with Gasteiger partial charge >= 0.3 is 12.1 Å². The summed E-state index contributed by atoms with van der Waals surface area (Å²) in [7, 11) is 0. The number of halogens is 2. The van der Waals surface area contributed by atoms with Crippen molar-refractivity contribution >= 4 is 23.8 Å². The first-order valence-corrected chi connectivity index (χ1v) is 15.9. The summed E-state index contributed by atoms with van der Waals surface area (Å²) in [5, 5.41) is 3.03. The number of rotatable bonds is 15. The van der Waals surface area contributed by atoms with Crippen LogP contribution in [0.4, 0.5) is 25.2 Å². The number of hydrogen-bond acceptors (Lipinski definition) is 10. The summed E-state index contributed by atoms with van der Waals surface area (Å²) in [6, 6.07) is 10.3. The van der Waals surface area contributed by atoms with Crippen LogP contribution in [0.2, 0.25) is 0 Å². The van der Waals surface area contributed by atoms with E-state index in [0.29, 0.717) is 42.6 Å². The van der Waals surface area contributed by atoms with Crippen molar-refractivity contribution < 1.29 is 32.6 Å². The van der Waals surface area contributed by atoms with E-state index in [1.807, 2.05) is 31.2 Å². The van der Waals surface area contributed by atoms with Gasteiger partial charge in [-0.05, 0) is 99.9 Å². The summed E-state index contributed by atoms with van der Waals surface area (Å²) in [4.78, 5) is 37.7. The zero-order valence-corrected chi connectivity index (χ0v) is 26.4. The van der Waals surface area contributed by atoms with Crippen LogP contribution in [-0.4, -0.2) is 47.0 Å². The van der Waals surface area contributed by atoms with Crippen LogP contribution < -0.4 is 11.1 Å². The Kier molecular flexibility index (Phi) is 13.2. The highest BCUT2D eigenvalue weighted by Crippen LogP contribution is 2.38. The Morgan fingerprint density at radius 2 is 1.74 bits per heavy atom. The fourth-order valence-electron chi connectivity index (χ4n) is 5.63. The van der Waals surface area contributed by atoms with Crippen LogP contribution in [-0.2, 0) is 19.0 Å². The minimum absolute atomic E-state index is 0.114. The molecule has 1 saturated carbocycles. The van der Waals surface area contributed by atoms with Gasteiger partial charge in [-0.25, -0.2) is 23.5 Å². The molecule has 0 amide bonds. The smallest absolute Gasteiger partial charge is 0.434 e. The molecule has 0 aliphatic heterocycles. The summed E-state index contributed by atoms with van der Waals surface area (Å²) in [6.07, 6.45) is 6.41. The number of nitrogens with one attached hydrogen (secondary N) is 1. The number of esters is 1. The van der Waals surface area contributed by atoms with Gasteiger partial charge in [-0.3, -0.25) is 9.78 Å². The lowest BCUT2D eigenvalue weighted by Gasteiger charge is -2.31. The van der Waals surface area contributed by atoms with Crippen molar-refractivity contribution in [3.63, 3.8) is 0 Å². The van der Waals surface area contributed by atoms with Gasteiger partial charge in [0.15, 0.2) is 0 Å². The van der Waals surface area contributed by atoms with Crippen LogP contribution in [0, 0.1) is 18.8 Å². The second-order valence-electron chi connectivity index (χ2n) is 11.7. The normalized spacial score (nSPS) is 16.9. The zero-order valence-electron chi connectivity index (χ0n) is 26.4. The molecule has 3 aromatic rings. The van der Waals surface area contributed by atoms with Gasteiger partial charge in [0, 0.05) is 35.1 Å². The van der Waals surface area contributed by atoms with E-state index in [2.05, 4.69) is 22.2 Å². The molecule has 248 valence electrons. The van der Waals surface area contributed by atoms with Crippen molar-refractivity contribution in [1.29, 1.82) is 0 Å². The van der Waals surface area contributed by atoms with Crippen molar-refractivity contribution in [1.82, 2.24) is 15.0 Å². The molecule has 0 radical (unpaired) electrons. The van der Waals surface area contributed by atoms with Gasteiger partial charge in [-0.1, -0.05) is 19.8 Å².